The van der Waals surface area contributed by atoms with E-state index in [1.54, 1.807) is 20.4 Å². The van der Waals surface area contributed by atoms with E-state index in [9.17, 15) is 4.79 Å². The minimum absolute atomic E-state index is 0.00461. The number of amides is 1. The van der Waals surface area contributed by atoms with Gasteiger partial charge >= 0.3 is 0 Å². The molecular formula is C24H33N3O3. The number of benzene rings is 1. The fourth-order valence-corrected chi connectivity index (χ4v) is 4.21. The molecule has 0 unspecified atom stereocenters. The summed E-state index contributed by atoms with van der Waals surface area (Å²) >= 11 is 0. The highest BCUT2D eigenvalue weighted by Gasteiger charge is 2.30. The van der Waals surface area contributed by atoms with E-state index in [0.29, 0.717) is 18.9 Å². The molecule has 1 saturated heterocycles. The highest BCUT2D eigenvalue weighted by Crippen LogP contribution is 2.31. The Kier molecular flexibility index (Phi) is 8.22. The molecule has 162 valence electrons. The van der Waals surface area contributed by atoms with Gasteiger partial charge in [-0.25, -0.2) is 0 Å². The van der Waals surface area contributed by atoms with Crippen molar-refractivity contribution in [2.45, 2.75) is 38.8 Å². The minimum Gasteiger partial charge on any atom is -0.496 e. The SMILES string of the molecule is COCCC(=O)N[C@H](c1ccccn1)[C@H]1CCCN(Cc2cc(C)ccc2OC)C1. The van der Waals surface area contributed by atoms with Crippen LogP contribution in [0.2, 0.25) is 0 Å². The van der Waals surface area contributed by atoms with E-state index in [2.05, 4.69) is 34.3 Å². The molecule has 2 atom stereocenters. The zero-order chi connectivity index (χ0) is 21.3. The van der Waals surface area contributed by atoms with Crippen LogP contribution in [0.3, 0.4) is 0 Å². The maximum Gasteiger partial charge on any atom is 0.222 e. The van der Waals surface area contributed by atoms with Crippen LogP contribution in [0.25, 0.3) is 0 Å². The predicted molar refractivity (Wildman–Crippen MR) is 117 cm³/mol. The summed E-state index contributed by atoms with van der Waals surface area (Å²) in [6.45, 7) is 5.32. The molecule has 1 aromatic heterocycles. The molecule has 0 aliphatic carbocycles. The fourth-order valence-electron chi connectivity index (χ4n) is 4.21. The van der Waals surface area contributed by atoms with Gasteiger partial charge in [0.25, 0.3) is 0 Å². The molecule has 0 bridgehead atoms. The van der Waals surface area contributed by atoms with Crippen LogP contribution >= 0.6 is 0 Å². The van der Waals surface area contributed by atoms with E-state index in [1.165, 1.54) is 11.1 Å². The van der Waals surface area contributed by atoms with Gasteiger partial charge in [0.2, 0.25) is 5.91 Å². The number of nitrogens with one attached hydrogen (secondary N) is 1. The van der Waals surface area contributed by atoms with Crippen LogP contribution in [0.15, 0.2) is 42.6 Å². The number of carbonyl (C=O) groups is 1. The van der Waals surface area contributed by atoms with Crippen LogP contribution in [-0.4, -0.2) is 49.7 Å². The first-order valence-corrected chi connectivity index (χ1v) is 10.7. The number of hydrogen-bond acceptors (Lipinski definition) is 5. The molecule has 3 rings (SSSR count). The van der Waals surface area contributed by atoms with Crippen LogP contribution in [0.5, 0.6) is 5.75 Å². The lowest BCUT2D eigenvalue weighted by Gasteiger charge is -2.37. The summed E-state index contributed by atoms with van der Waals surface area (Å²) in [6.07, 6.45) is 4.31. The Labute approximate surface area is 179 Å². The molecule has 6 nitrogen and oxygen atoms in total. The van der Waals surface area contributed by atoms with Gasteiger partial charge < -0.3 is 14.8 Å². The van der Waals surface area contributed by atoms with E-state index in [-0.39, 0.29) is 11.9 Å². The third-order valence-electron chi connectivity index (χ3n) is 5.70. The zero-order valence-electron chi connectivity index (χ0n) is 18.3. The van der Waals surface area contributed by atoms with E-state index < -0.39 is 0 Å². The lowest BCUT2D eigenvalue weighted by molar-refractivity contribution is -0.123. The number of nitrogens with zero attached hydrogens (tertiary/aromatic N) is 2. The van der Waals surface area contributed by atoms with Crippen LogP contribution < -0.4 is 10.1 Å². The van der Waals surface area contributed by atoms with Crippen molar-refractivity contribution in [3.63, 3.8) is 0 Å². The number of aromatic nitrogens is 1. The number of carbonyl (C=O) groups excluding carboxylic acids is 1. The molecule has 0 saturated carbocycles. The number of ether oxygens (including phenoxy) is 2. The predicted octanol–water partition coefficient (Wildman–Crippen LogP) is 3.50. The van der Waals surface area contributed by atoms with Gasteiger partial charge in [-0.1, -0.05) is 23.8 Å². The molecule has 6 heteroatoms. The first-order chi connectivity index (χ1) is 14.6. The molecule has 1 fully saturated rings. The number of piperidine rings is 1. The lowest BCUT2D eigenvalue weighted by atomic mass is 9.88. The summed E-state index contributed by atoms with van der Waals surface area (Å²) in [5.74, 6) is 1.23. The smallest absolute Gasteiger partial charge is 0.222 e. The summed E-state index contributed by atoms with van der Waals surface area (Å²) in [6, 6.07) is 12.1. The highest BCUT2D eigenvalue weighted by molar-refractivity contribution is 5.76. The van der Waals surface area contributed by atoms with Crippen LogP contribution in [-0.2, 0) is 16.1 Å². The molecule has 1 aromatic carbocycles. The Balaban J connectivity index is 1.74. The number of aryl methyl sites for hydroxylation is 1. The van der Waals surface area contributed by atoms with E-state index in [0.717, 1.165) is 43.9 Å². The molecule has 2 aromatic rings. The van der Waals surface area contributed by atoms with E-state index in [1.807, 2.05) is 24.3 Å². The number of rotatable bonds is 9. The Bertz CT molecular complexity index is 813. The van der Waals surface area contributed by atoms with E-state index >= 15 is 0 Å². The number of pyridine rings is 1. The summed E-state index contributed by atoms with van der Waals surface area (Å²) in [4.78, 5) is 19.5. The van der Waals surface area contributed by atoms with Crippen molar-refractivity contribution in [2.75, 3.05) is 33.9 Å². The first kappa shape index (κ1) is 22.2. The molecule has 1 amide bonds. The molecule has 1 N–H and O–H groups in total. The molecule has 30 heavy (non-hydrogen) atoms. The van der Waals surface area contributed by atoms with Crippen molar-refractivity contribution in [3.05, 3.63) is 59.4 Å². The fraction of sp³-hybridized carbons (Fsp3) is 0.500. The molecule has 0 spiro atoms. The van der Waals surface area contributed by atoms with Gasteiger partial charge in [-0.2, -0.15) is 0 Å². The third kappa shape index (κ3) is 6.03. The Hall–Kier alpha value is -2.44. The van der Waals surface area contributed by atoms with Gasteiger partial charge in [0, 0.05) is 38.4 Å². The maximum absolute atomic E-state index is 12.5. The average Bonchev–Trinajstić information content (AvgIpc) is 2.77. The van der Waals surface area contributed by atoms with Gasteiger partial charge in [-0.3, -0.25) is 14.7 Å². The van der Waals surface area contributed by atoms with Gasteiger partial charge in [-0.05, 0) is 50.4 Å². The Morgan fingerprint density at radius 2 is 2.17 bits per heavy atom. The topological polar surface area (TPSA) is 63.7 Å². The highest BCUT2D eigenvalue weighted by atomic mass is 16.5. The van der Waals surface area contributed by atoms with Crippen LogP contribution in [0.1, 0.15) is 42.1 Å². The molecule has 2 heterocycles. The molecule has 1 aliphatic rings. The number of likely N-dealkylation sites (tertiary alicyclic amines) is 1. The third-order valence-corrected chi connectivity index (χ3v) is 5.70. The zero-order valence-corrected chi connectivity index (χ0v) is 18.3. The standard InChI is InChI=1S/C24H33N3O3/c1-18-9-10-22(30-3)20(15-18)17-27-13-6-7-19(16-27)24(21-8-4-5-12-25-21)26-23(28)11-14-29-2/h4-5,8-10,12,15,19,24H,6-7,11,13-14,16-17H2,1-3H3,(H,26,28)/t19-,24-/m0/s1. The normalized spacial score (nSPS) is 18.0. The average molecular weight is 412 g/mol. The molecular weight excluding hydrogens is 378 g/mol. The minimum atomic E-state index is -0.0993. The molecule has 1 aliphatic heterocycles. The van der Waals surface area contributed by atoms with Gasteiger partial charge in [0.1, 0.15) is 5.75 Å². The summed E-state index contributed by atoms with van der Waals surface area (Å²) in [5, 5.41) is 3.22. The number of methoxy groups -OCH3 is 2. The van der Waals surface area contributed by atoms with Crippen molar-refractivity contribution in [3.8, 4) is 5.75 Å². The summed E-state index contributed by atoms with van der Waals surface area (Å²) < 4.78 is 10.6. The van der Waals surface area contributed by atoms with Gasteiger partial charge in [0.05, 0.1) is 25.5 Å². The first-order valence-electron chi connectivity index (χ1n) is 10.7. The van der Waals surface area contributed by atoms with Crippen molar-refractivity contribution in [1.82, 2.24) is 15.2 Å². The van der Waals surface area contributed by atoms with Gasteiger partial charge in [0.15, 0.2) is 0 Å². The van der Waals surface area contributed by atoms with Gasteiger partial charge in [-0.15, -0.1) is 0 Å². The van der Waals surface area contributed by atoms with Crippen molar-refractivity contribution < 1.29 is 14.3 Å². The van der Waals surface area contributed by atoms with Crippen LogP contribution in [0.4, 0.5) is 0 Å². The summed E-state index contributed by atoms with van der Waals surface area (Å²) in [5.41, 5.74) is 3.36. The second kappa shape index (κ2) is 11.1. The lowest BCUT2D eigenvalue weighted by Crippen LogP contribution is -2.43. The van der Waals surface area contributed by atoms with E-state index in [4.69, 9.17) is 9.47 Å². The van der Waals surface area contributed by atoms with Crippen molar-refractivity contribution >= 4 is 5.91 Å². The van der Waals surface area contributed by atoms with Crippen LogP contribution in [0, 0.1) is 12.8 Å². The van der Waals surface area contributed by atoms with Crippen molar-refractivity contribution in [1.29, 1.82) is 0 Å². The Morgan fingerprint density at radius 3 is 2.90 bits per heavy atom. The largest absolute Gasteiger partial charge is 0.496 e. The van der Waals surface area contributed by atoms with Crippen molar-refractivity contribution in [2.24, 2.45) is 5.92 Å². The monoisotopic (exact) mass is 411 g/mol. The maximum atomic E-state index is 12.5. The second-order valence-electron chi connectivity index (χ2n) is 8.00. The summed E-state index contributed by atoms with van der Waals surface area (Å²) in [7, 11) is 3.34. The second-order valence-corrected chi connectivity index (χ2v) is 8.00. The Morgan fingerprint density at radius 1 is 1.30 bits per heavy atom. The number of hydrogen-bond donors (Lipinski definition) is 1. The quantitative estimate of drug-likeness (QED) is 0.684. The molecule has 0 radical (unpaired) electrons.